The number of hydrogen-bond acceptors (Lipinski definition) is 5. The van der Waals surface area contributed by atoms with E-state index in [1.165, 1.54) is 11.1 Å². The lowest BCUT2D eigenvalue weighted by molar-refractivity contribution is 0.0691. The van der Waals surface area contributed by atoms with E-state index < -0.39 is 5.97 Å². The number of aromatic nitrogens is 2. The van der Waals surface area contributed by atoms with Gasteiger partial charge in [-0.15, -0.1) is 0 Å². The molecule has 116 valence electrons. The van der Waals surface area contributed by atoms with Crippen LogP contribution in [0.1, 0.15) is 36.1 Å². The molecule has 0 unspecified atom stereocenters. The maximum Gasteiger partial charge on any atom is 0.356 e. The number of nitrogens with one attached hydrogen (secondary N) is 2. The van der Waals surface area contributed by atoms with E-state index in [1.807, 2.05) is 13.8 Å². The minimum atomic E-state index is -1.11. The number of hydrogen-bond donors (Lipinski definition) is 3. The second kappa shape index (κ2) is 7.41. The number of carbonyl (C=O) groups excluding carboxylic acids is 1. The van der Waals surface area contributed by atoms with Crippen molar-refractivity contribution in [2.45, 2.75) is 19.8 Å². The molecule has 0 radical (unpaired) electrons. The van der Waals surface area contributed by atoms with E-state index >= 15 is 0 Å². The standard InChI is InChI=1S/C13H21N5O3/c1-8(2)11-16-7-9(10(17-11)12(19)20)14-5-6-15-13(21)18(3)4/h7-8,14H,5-6H2,1-4H3,(H,15,21)(H,19,20). The molecular weight excluding hydrogens is 274 g/mol. The average molecular weight is 295 g/mol. The van der Waals surface area contributed by atoms with Crippen LogP contribution in [0.4, 0.5) is 10.5 Å². The predicted molar refractivity (Wildman–Crippen MR) is 78.7 cm³/mol. The number of aromatic carboxylic acids is 1. The zero-order chi connectivity index (χ0) is 16.0. The molecule has 0 saturated heterocycles. The first-order valence-electron chi connectivity index (χ1n) is 6.62. The summed E-state index contributed by atoms with van der Waals surface area (Å²) in [6, 6.07) is -0.207. The first-order valence-corrected chi connectivity index (χ1v) is 6.62. The van der Waals surface area contributed by atoms with Crippen molar-refractivity contribution in [1.29, 1.82) is 0 Å². The Hall–Kier alpha value is -2.38. The van der Waals surface area contributed by atoms with Crippen LogP contribution in [0.5, 0.6) is 0 Å². The number of nitrogens with zero attached hydrogens (tertiary/aromatic N) is 3. The fourth-order valence-electron chi connectivity index (χ4n) is 1.49. The summed E-state index contributed by atoms with van der Waals surface area (Å²) in [4.78, 5) is 32.1. The molecule has 0 spiro atoms. The molecule has 0 saturated carbocycles. The second-order valence-electron chi connectivity index (χ2n) is 5.00. The highest BCUT2D eigenvalue weighted by molar-refractivity contribution is 5.91. The molecule has 2 amide bonds. The number of carbonyl (C=O) groups is 2. The first kappa shape index (κ1) is 16.7. The monoisotopic (exact) mass is 295 g/mol. The van der Waals surface area contributed by atoms with Gasteiger partial charge in [-0.1, -0.05) is 13.8 Å². The van der Waals surface area contributed by atoms with Gasteiger partial charge in [0.1, 0.15) is 5.82 Å². The van der Waals surface area contributed by atoms with Gasteiger partial charge in [0.25, 0.3) is 0 Å². The SMILES string of the molecule is CC(C)c1ncc(NCCNC(=O)N(C)C)c(C(=O)O)n1. The summed E-state index contributed by atoms with van der Waals surface area (Å²) in [5.74, 6) is -0.575. The van der Waals surface area contributed by atoms with E-state index in [9.17, 15) is 14.7 Å². The summed E-state index contributed by atoms with van der Waals surface area (Å²) < 4.78 is 0. The number of urea groups is 1. The number of rotatable bonds is 6. The van der Waals surface area contributed by atoms with E-state index in [0.717, 1.165) is 0 Å². The van der Waals surface area contributed by atoms with E-state index in [-0.39, 0.29) is 17.6 Å². The summed E-state index contributed by atoms with van der Waals surface area (Å²) in [5, 5.41) is 14.8. The predicted octanol–water partition coefficient (Wildman–Crippen LogP) is 0.981. The Bertz CT molecular complexity index is 517. The number of amides is 2. The zero-order valence-electron chi connectivity index (χ0n) is 12.7. The smallest absolute Gasteiger partial charge is 0.356 e. The third-order valence-corrected chi connectivity index (χ3v) is 2.65. The number of carboxylic acids is 1. The van der Waals surface area contributed by atoms with Gasteiger partial charge in [-0.2, -0.15) is 0 Å². The van der Waals surface area contributed by atoms with Crippen molar-refractivity contribution < 1.29 is 14.7 Å². The van der Waals surface area contributed by atoms with E-state index in [0.29, 0.717) is 24.6 Å². The maximum absolute atomic E-state index is 11.3. The van der Waals surface area contributed by atoms with E-state index in [4.69, 9.17) is 0 Å². The molecule has 0 fully saturated rings. The summed E-state index contributed by atoms with van der Waals surface area (Å²) in [7, 11) is 3.29. The quantitative estimate of drug-likeness (QED) is 0.675. The summed E-state index contributed by atoms with van der Waals surface area (Å²) in [5.41, 5.74) is 0.277. The highest BCUT2D eigenvalue weighted by atomic mass is 16.4. The highest BCUT2D eigenvalue weighted by Crippen LogP contribution is 2.16. The molecular formula is C13H21N5O3. The van der Waals surface area contributed by atoms with Gasteiger partial charge in [0, 0.05) is 33.1 Å². The largest absolute Gasteiger partial charge is 0.476 e. The lowest BCUT2D eigenvalue weighted by atomic mass is 10.2. The highest BCUT2D eigenvalue weighted by Gasteiger charge is 2.15. The van der Waals surface area contributed by atoms with Gasteiger partial charge in [0.15, 0.2) is 5.69 Å². The molecule has 0 aliphatic heterocycles. The Labute approximate surface area is 123 Å². The normalized spacial score (nSPS) is 10.3. The maximum atomic E-state index is 11.3. The van der Waals surface area contributed by atoms with Crippen molar-refractivity contribution in [2.24, 2.45) is 0 Å². The van der Waals surface area contributed by atoms with Crippen LogP contribution in [0.3, 0.4) is 0 Å². The van der Waals surface area contributed by atoms with Crippen molar-refractivity contribution in [1.82, 2.24) is 20.2 Å². The lowest BCUT2D eigenvalue weighted by Crippen LogP contribution is -2.37. The third kappa shape index (κ3) is 4.90. The Morgan fingerprint density at radius 1 is 1.33 bits per heavy atom. The van der Waals surface area contributed by atoms with Gasteiger partial charge in [-0.05, 0) is 0 Å². The van der Waals surface area contributed by atoms with Gasteiger partial charge >= 0.3 is 12.0 Å². The van der Waals surface area contributed by atoms with Crippen LogP contribution in [0.25, 0.3) is 0 Å². The van der Waals surface area contributed by atoms with Crippen LogP contribution in [-0.2, 0) is 0 Å². The fourth-order valence-corrected chi connectivity index (χ4v) is 1.49. The van der Waals surface area contributed by atoms with E-state index in [1.54, 1.807) is 14.1 Å². The molecule has 21 heavy (non-hydrogen) atoms. The first-order chi connectivity index (χ1) is 9.82. The second-order valence-corrected chi connectivity index (χ2v) is 5.00. The Balaban J connectivity index is 2.66. The topological polar surface area (TPSA) is 107 Å². The molecule has 1 aromatic rings. The molecule has 0 aliphatic rings. The fraction of sp³-hybridized carbons (Fsp3) is 0.538. The lowest BCUT2D eigenvalue weighted by Gasteiger charge is -2.13. The van der Waals surface area contributed by atoms with Gasteiger partial charge < -0.3 is 20.6 Å². The van der Waals surface area contributed by atoms with Crippen LogP contribution in [0.15, 0.2) is 6.20 Å². The summed E-state index contributed by atoms with van der Waals surface area (Å²) >= 11 is 0. The molecule has 3 N–H and O–H groups in total. The molecule has 1 heterocycles. The minimum absolute atomic E-state index is 0.0523. The van der Waals surface area contributed by atoms with Gasteiger partial charge in [0.05, 0.1) is 11.9 Å². The Morgan fingerprint density at radius 2 is 2.00 bits per heavy atom. The number of anilines is 1. The summed E-state index contributed by atoms with van der Waals surface area (Å²) in [6.07, 6.45) is 1.46. The third-order valence-electron chi connectivity index (χ3n) is 2.65. The molecule has 0 aliphatic carbocycles. The minimum Gasteiger partial charge on any atom is -0.476 e. The number of carboxylic acid groups (broad SMARTS) is 1. The molecule has 1 rings (SSSR count). The molecule has 0 atom stereocenters. The van der Waals surface area contributed by atoms with Crippen molar-refractivity contribution >= 4 is 17.7 Å². The summed E-state index contributed by atoms with van der Waals surface area (Å²) in [6.45, 7) is 4.53. The molecule has 0 aromatic carbocycles. The van der Waals surface area contributed by atoms with Crippen LogP contribution in [-0.4, -0.2) is 59.2 Å². The molecule has 8 nitrogen and oxygen atoms in total. The van der Waals surface area contributed by atoms with Crippen molar-refractivity contribution in [3.8, 4) is 0 Å². The van der Waals surface area contributed by atoms with Gasteiger partial charge in [-0.25, -0.2) is 19.6 Å². The Kier molecular flexibility index (Phi) is 5.89. The van der Waals surface area contributed by atoms with Crippen LogP contribution >= 0.6 is 0 Å². The van der Waals surface area contributed by atoms with Gasteiger partial charge in [-0.3, -0.25) is 0 Å². The average Bonchev–Trinajstić information content (AvgIpc) is 2.42. The Morgan fingerprint density at radius 3 is 2.52 bits per heavy atom. The van der Waals surface area contributed by atoms with Crippen molar-refractivity contribution in [2.75, 3.05) is 32.5 Å². The molecule has 8 heteroatoms. The van der Waals surface area contributed by atoms with Crippen molar-refractivity contribution in [3.05, 3.63) is 17.7 Å². The van der Waals surface area contributed by atoms with E-state index in [2.05, 4.69) is 20.6 Å². The molecule has 1 aromatic heterocycles. The van der Waals surface area contributed by atoms with Gasteiger partial charge in [0.2, 0.25) is 0 Å². The van der Waals surface area contributed by atoms with Crippen LogP contribution in [0.2, 0.25) is 0 Å². The van der Waals surface area contributed by atoms with Crippen molar-refractivity contribution in [3.63, 3.8) is 0 Å². The zero-order valence-corrected chi connectivity index (χ0v) is 12.7. The van der Waals surface area contributed by atoms with Crippen LogP contribution < -0.4 is 10.6 Å². The van der Waals surface area contributed by atoms with Crippen LogP contribution in [0, 0.1) is 0 Å². The molecule has 0 bridgehead atoms.